The van der Waals surface area contributed by atoms with E-state index in [1.54, 1.807) is 43.8 Å². The first-order valence-electron chi connectivity index (χ1n) is 8.52. The summed E-state index contributed by atoms with van der Waals surface area (Å²) in [5.74, 6) is 2.44. The third-order valence-electron chi connectivity index (χ3n) is 4.23. The molecule has 2 aromatic heterocycles. The zero-order chi connectivity index (χ0) is 19.5. The molecule has 2 heterocycles. The number of para-hydroxylation sites is 1. The van der Waals surface area contributed by atoms with E-state index in [-0.39, 0.29) is 0 Å². The lowest BCUT2D eigenvalue weighted by molar-refractivity contribution is 0.355. The smallest absolute Gasteiger partial charge is 0.163 e. The highest BCUT2D eigenvalue weighted by Crippen LogP contribution is 2.33. The minimum absolute atomic E-state index is 0.464. The summed E-state index contributed by atoms with van der Waals surface area (Å²) < 4.78 is 17.6. The second-order valence-electron chi connectivity index (χ2n) is 5.93. The third-order valence-corrected chi connectivity index (χ3v) is 5.28. The minimum Gasteiger partial charge on any atom is -0.493 e. The van der Waals surface area contributed by atoms with Crippen molar-refractivity contribution >= 4 is 33.2 Å². The first-order chi connectivity index (χ1) is 13.7. The fraction of sp³-hybridized carbons (Fsp3) is 0.0909. The topological polar surface area (TPSA) is 68.3 Å². The van der Waals surface area contributed by atoms with Gasteiger partial charge in [-0.3, -0.25) is 0 Å². The van der Waals surface area contributed by atoms with Crippen LogP contribution in [0.4, 0.5) is 0 Å². The molecule has 4 rings (SSSR count). The van der Waals surface area contributed by atoms with Crippen molar-refractivity contribution in [1.29, 1.82) is 5.26 Å². The van der Waals surface area contributed by atoms with E-state index in [2.05, 4.69) is 11.1 Å². The Morgan fingerprint density at radius 3 is 2.64 bits per heavy atom. The standard InChI is InChI=1S/C22H16N2O3S/c1-25-18-9-7-14(12-20(18)26-2)15(13-23)11-16-8-10-19(27-16)22-24-17-5-3-4-6-21(17)28-22/h3-12H,1-2H3/b15-11+. The lowest BCUT2D eigenvalue weighted by Crippen LogP contribution is -1.92. The Labute approximate surface area is 166 Å². The predicted octanol–water partition coefficient (Wildman–Crippen LogP) is 5.64. The summed E-state index contributed by atoms with van der Waals surface area (Å²) in [5.41, 5.74) is 2.13. The molecule has 0 aliphatic heterocycles. The van der Waals surface area contributed by atoms with E-state index in [1.165, 1.54) is 0 Å². The summed E-state index contributed by atoms with van der Waals surface area (Å²) in [5, 5.41) is 10.4. The Balaban J connectivity index is 1.67. The van der Waals surface area contributed by atoms with Crippen LogP contribution in [-0.2, 0) is 0 Å². The van der Waals surface area contributed by atoms with Gasteiger partial charge < -0.3 is 13.9 Å². The zero-order valence-corrected chi connectivity index (χ0v) is 16.1. The highest BCUT2D eigenvalue weighted by atomic mass is 32.1. The van der Waals surface area contributed by atoms with Crippen LogP contribution in [0.1, 0.15) is 11.3 Å². The Morgan fingerprint density at radius 2 is 1.89 bits per heavy atom. The molecule has 0 saturated heterocycles. The van der Waals surface area contributed by atoms with Gasteiger partial charge in [0.15, 0.2) is 22.3 Å². The number of rotatable bonds is 5. The average molecular weight is 388 g/mol. The second kappa shape index (κ2) is 7.59. The van der Waals surface area contributed by atoms with Crippen molar-refractivity contribution in [2.45, 2.75) is 0 Å². The van der Waals surface area contributed by atoms with E-state index >= 15 is 0 Å². The lowest BCUT2D eigenvalue weighted by Gasteiger charge is -2.08. The summed E-state index contributed by atoms with van der Waals surface area (Å²) in [6.45, 7) is 0. The van der Waals surface area contributed by atoms with Crippen LogP contribution >= 0.6 is 11.3 Å². The molecular formula is C22H16N2O3S. The molecule has 6 heteroatoms. The minimum atomic E-state index is 0.464. The van der Waals surface area contributed by atoms with E-state index in [0.29, 0.717) is 28.6 Å². The number of hydrogen-bond acceptors (Lipinski definition) is 6. The number of methoxy groups -OCH3 is 2. The number of nitriles is 1. The van der Waals surface area contributed by atoms with Crippen molar-refractivity contribution < 1.29 is 13.9 Å². The maximum absolute atomic E-state index is 9.61. The Bertz CT molecular complexity index is 1180. The van der Waals surface area contributed by atoms with Crippen LogP contribution in [-0.4, -0.2) is 19.2 Å². The molecule has 0 aliphatic carbocycles. The van der Waals surface area contributed by atoms with Crippen LogP contribution in [0.2, 0.25) is 0 Å². The van der Waals surface area contributed by atoms with E-state index in [0.717, 1.165) is 20.8 Å². The number of ether oxygens (including phenoxy) is 2. The van der Waals surface area contributed by atoms with E-state index in [9.17, 15) is 5.26 Å². The zero-order valence-electron chi connectivity index (χ0n) is 15.3. The number of thiazole rings is 1. The molecule has 0 atom stereocenters. The summed E-state index contributed by atoms with van der Waals surface area (Å²) in [6, 6.07) is 19.2. The molecule has 0 spiro atoms. The van der Waals surface area contributed by atoms with Crippen molar-refractivity contribution in [3.05, 3.63) is 65.9 Å². The molecule has 0 aliphatic rings. The number of fused-ring (bicyclic) bond motifs is 1. The van der Waals surface area contributed by atoms with Gasteiger partial charge in [0.2, 0.25) is 0 Å². The van der Waals surface area contributed by atoms with Gasteiger partial charge in [0.25, 0.3) is 0 Å². The second-order valence-corrected chi connectivity index (χ2v) is 6.96. The summed E-state index contributed by atoms with van der Waals surface area (Å²) in [7, 11) is 3.14. The highest BCUT2D eigenvalue weighted by molar-refractivity contribution is 7.21. The van der Waals surface area contributed by atoms with Gasteiger partial charge in [-0.1, -0.05) is 12.1 Å². The molecule has 2 aromatic carbocycles. The Kier molecular flexibility index (Phi) is 4.83. The van der Waals surface area contributed by atoms with Gasteiger partial charge in [0.05, 0.1) is 36.1 Å². The molecule has 0 saturated carbocycles. The predicted molar refractivity (Wildman–Crippen MR) is 110 cm³/mol. The summed E-state index contributed by atoms with van der Waals surface area (Å²) >= 11 is 1.57. The fourth-order valence-electron chi connectivity index (χ4n) is 2.85. The highest BCUT2D eigenvalue weighted by Gasteiger charge is 2.12. The van der Waals surface area contributed by atoms with Crippen LogP contribution < -0.4 is 9.47 Å². The quantitative estimate of drug-likeness (QED) is 0.414. The van der Waals surface area contributed by atoms with Crippen LogP contribution in [0.25, 0.3) is 32.6 Å². The first kappa shape index (κ1) is 17.8. The fourth-order valence-corrected chi connectivity index (χ4v) is 3.78. The van der Waals surface area contributed by atoms with Crippen molar-refractivity contribution in [3.63, 3.8) is 0 Å². The van der Waals surface area contributed by atoms with Gasteiger partial charge in [-0.2, -0.15) is 5.26 Å². The molecule has 0 unspecified atom stereocenters. The third kappa shape index (κ3) is 3.36. The van der Waals surface area contributed by atoms with E-state index < -0.39 is 0 Å². The number of nitrogens with zero attached hydrogens (tertiary/aromatic N) is 2. The molecule has 0 fully saturated rings. The van der Waals surface area contributed by atoms with Gasteiger partial charge in [0, 0.05) is 0 Å². The van der Waals surface area contributed by atoms with Crippen LogP contribution in [0.3, 0.4) is 0 Å². The van der Waals surface area contributed by atoms with Crippen LogP contribution in [0.15, 0.2) is 59.0 Å². The average Bonchev–Trinajstić information content (AvgIpc) is 3.38. The van der Waals surface area contributed by atoms with Crippen molar-refractivity contribution in [2.24, 2.45) is 0 Å². The van der Waals surface area contributed by atoms with Crippen LogP contribution in [0.5, 0.6) is 11.5 Å². The largest absolute Gasteiger partial charge is 0.493 e. The van der Waals surface area contributed by atoms with Gasteiger partial charge in [0.1, 0.15) is 5.76 Å². The van der Waals surface area contributed by atoms with Crippen molar-refractivity contribution in [3.8, 4) is 28.3 Å². The number of aromatic nitrogens is 1. The molecule has 0 bridgehead atoms. The number of hydrogen-bond donors (Lipinski definition) is 0. The molecule has 0 N–H and O–H groups in total. The normalized spacial score (nSPS) is 11.4. The molecular weight excluding hydrogens is 372 g/mol. The number of furan rings is 1. The maximum Gasteiger partial charge on any atom is 0.163 e. The molecule has 4 aromatic rings. The van der Waals surface area contributed by atoms with Gasteiger partial charge in [-0.05, 0) is 54.1 Å². The number of allylic oxidation sites excluding steroid dienone is 1. The molecule has 5 nitrogen and oxygen atoms in total. The molecule has 28 heavy (non-hydrogen) atoms. The monoisotopic (exact) mass is 388 g/mol. The lowest BCUT2D eigenvalue weighted by atomic mass is 10.1. The van der Waals surface area contributed by atoms with Crippen molar-refractivity contribution in [1.82, 2.24) is 4.98 Å². The van der Waals surface area contributed by atoms with Gasteiger partial charge >= 0.3 is 0 Å². The van der Waals surface area contributed by atoms with E-state index in [1.807, 2.05) is 42.5 Å². The molecule has 138 valence electrons. The summed E-state index contributed by atoms with van der Waals surface area (Å²) in [6.07, 6.45) is 1.71. The van der Waals surface area contributed by atoms with Crippen molar-refractivity contribution in [2.75, 3.05) is 14.2 Å². The van der Waals surface area contributed by atoms with Gasteiger partial charge in [-0.25, -0.2) is 4.98 Å². The SMILES string of the molecule is COc1ccc(/C(C#N)=C/c2ccc(-c3nc4ccccc4s3)o2)cc1OC. The van der Waals surface area contributed by atoms with Gasteiger partial charge in [-0.15, -0.1) is 11.3 Å². The molecule has 0 amide bonds. The van der Waals surface area contributed by atoms with E-state index in [4.69, 9.17) is 13.9 Å². The maximum atomic E-state index is 9.61. The molecule has 0 radical (unpaired) electrons. The Hall–Kier alpha value is -3.56. The Morgan fingerprint density at radius 1 is 1.07 bits per heavy atom. The number of benzene rings is 2. The van der Waals surface area contributed by atoms with Crippen LogP contribution in [0, 0.1) is 11.3 Å². The first-order valence-corrected chi connectivity index (χ1v) is 9.33. The summed E-state index contributed by atoms with van der Waals surface area (Å²) in [4.78, 5) is 4.60.